The zero-order chi connectivity index (χ0) is 20.2. The summed E-state index contributed by atoms with van der Waals surface area (Å²) in [5.41, 5.74) is -0.0162. The van der Waals surface area contributed by atoms with Crippen LogP contribution in [0.15, 0.2) is 52.5 Å². The smallest absolute Gasteiger partial charge is 0.251 e. The van der Waals surface area contributed by atoms with Gasteiger partial charge in [-0.05, 0) is 80.2 Å². The maximum atomic E-state index is 13.0. The molecule has 4 bridgehead atoms. The summed E-state index contributed by atoms with van der Waals surface area (Å²) >= 11 is 5.85. The van der Waals surface area contributed by atoms with Crippen LogP contribution in [0.3, 0.4) is 0 Å². The van der Waals surface area contributed by atoms with E-state index >= 15 is 0 Å². The quantitative estimate of drug-likeness (QED) is 0.777. The van der Waals surface area contributed by atoms with E-state index in [1.807, 2.05) is 0 Å². The van der Waals surface area contributed by atoms with Gasteiger partial charge in [-0.25, -0.2) is 9.19 Å². The molecular weight excluding hydrogens is 408 g/mol. The van der Waals surface area contributed by atoms with Gasteiger partial charge in [-0.2, -0.15) is 0 Å². The maximum absolute atomic E-state index is 13.0. The van der Waals surface area contributed by atoms with Crippen molar-refractivity contribution in [3.05, 3.63) is 53.2 Å². The molecule has 3 atom stereocenters. The van der Waals surface area contributed by atoms with Gasteiger partial charge in [0.15, 0.2) is 0 Å². The minimum absolute atomic E-state index is 0.117. The molecular formula is C22H23ClN2O3S. The van der Waals surface area contributed by atoms with E-state index in [-0.39, 0.29) is 11.9 Å². The molecule has 4 fully saturated rings. The number of hydrogen-bond acceptors (Lipinski definition) is 4. The van der Waals surface area contributed by atoms with E-state index in [1.165, 1.54) is 6.20 Å². The van der Waals surface area contributed by atoms with Crippen molar-refractivity contribution in [2.45, 2.75) is 53.7 Å². The maximum Gasteiger partial charge on any atom is 0.251 e. The number of pyridine rings is 1. The summed E-state index contributed by atoms with van der Waals surface area (Å²) in [5.74, 6) is 1.16. The molecule has 5 nitrogen and oxygen atoms in total. The highest BCUT2D eigenvalue weighted by Gasteiger charge is 2.55. The monoisotopic (exact) mass is 430 g/mol. The Bertz CT molecular complexity index is 964. The van der Waals surface area contributed by atoms with Crippen LogP contribution in [-0.4, -0.2) is 31.8 Å². The van der Waals surface area contributed by atoms with Crippen LogP contribution in [0.4, 0.5) is 0 Å². The first-order chi connectivity index (χ1) is 13.9. The summed E-state index contributed by atoms with van der Waals surface area (Å²) in [4.78, 5) is 17.6. The summed E-state index contributed by atoms with van der Waals surface area (Å²) in [6.07, 6.45) is 6.15. The number of carbonyl (C=O) groups is 1. The minimum atomic E-state index is -1.48. The van der Waals surface area contributed by atoms with Crippen molar-refractivity contribution >= 4 is 28.3 Å². The van der Waals surface area contributed by atoms with Gasteiger partial charge < -0.3 is 10.4 Å². The van der Waals surface area contributed by atoms with Crippen LogP contribution in [0.1, 0.15) is 42.5 Å². The molecule has 2 N–H and O–H groups in total. The first-order valence-electron chi connectivity index (χ1n) is 10.1. The summed E-state index contributed by atoms with van der Waals surface area (Å²) in [6, 6.07) is 10.3. The van der Waals surface area contributed by atoms with E-state index in [1.54, 1.807) is 36.4 Å². The number of halogens is 1. The van der Waals surface area contributed by atoms with Crippen LogP contribution in [-0.2, 0) is 10.8 Å². The Morgan fingerprint density at radius 3 is 2.59 bits per heavy atom. The first-order valence-corrected chi connectivity index (χ1v) is 11.6. The summed E-state index contributed by atoms with van der Waals surface area (Å²) in [5, 5.41) is 14.8. The van der Waals surface area contributed by atoms with Crippen LogP contribution >= 0.6 is 11.6 Å². The fourth-order valence-corrected chi connectivity index (χ4v) is 6.93. The molecule has 2 aromatic rings. The van der Waals surface area contributed by atoms with Crippen molar-refractivity contribution in [2.75, 3.05) is 0 Å². The van der Waals surface area contributed by atoms with Gasteiger partial charge in [0.1, 0.15) is 15.8 Å². The molecule has 0 aliphatic heterocycles. The molecule has 0 radical (unpaired) electrons. The zero-order valence-corrected chi connectivity index (χ0v) is 17.5. The lowest BCUT2D eigenvalue weighted by Crippen LogP contribution is -2.61. The Kier molecular flexibility index (Phi) is 4.76. The number of rotatable bonds is 4. The molecule has 152 valence electrons. The number of nitrogens with zero attached hydrogens (tertiary/aromatic N) is 1. The average molecular weight is 431 g/mol. The fraction of sp³-hybridized carbons (Fsp3) is 0.455. The molecule has 0 saturated heterocycles. The normalized spacial score (nSPS) is 33.4. The zero-order valence-electron chi connectivity index (χ0n) is 15.9. The van der Waals surface area contributed by atoms with Gasteiger partial charge in [-0.15, -0.1) is 0 Å². The molecule has 1 amide bonds. The summed E-state index contributed by atoms with van der Waals surface area (Å²) in [6.45, 7) is 0. The highest BCUT2D eigenvalue weighted by molar-refractivity contribution is 7.85. The van der Waals surface area contributed by atoms with Gasteiger partial charge in [0.25, 0.3) is 5.91 Å². The SMILES string of the molecule is O=C(NC1C2CC3CC1CC(O)(C3)C2)c1cccc(S(=O)c2ccc(Cl)cn2)c1. The Hall–Kier alpha value is -1.76. The van der Waals surface area contributed by atoms with Gasteiger partial charge in [-0.1, -0.05) is 17.7 Å². The van der Waals surface area contributed by atoms with Crippen molar-refractivity contribution < 1.29 is 14.1 Å². The van der Waals surface area contributed by atoms with Gasteiger partial charge in [0.05, 0.1) is 10.6 Å². The van der Waals surface area contributed by atoms with Crippen molar-refractivity contribution in [1.29, 1.82) is 0 Å². The third-order valence-corrected chi connectivity index (χ3v) is 8.27. The van der Waals surface area contributed by atoms with Gasteiger partial charge in [-0.3, -0.25) is 4.79 Å². The highest BCUT2D eigenvalue weighted by atomic mass is 35.5. The number of aromatic nitrogens is 1. The van der Waals surface area contributed by atoms with Crippen LogP contribution < -0.4 is 5.32 Å². The average Bonchev–Trinajstić information content (AvgIpc) is 2.69. The number of hydrogen-bond donors (Lipinski definition) is 2. The highest BCUT2D eigenvalue weighted by Crippen LogP contribution is 2.55. The van der Waals surface area contributed by atoms with Crippen LogP contribution in [0.2, 0.25) is 5.02 Å². The van der Waals surface area contributed by atoms with Crippen molar-refractivity contribution in [3.8, 4) is 0 Å². The minimum Gasteiger partial charge on any atom is -0.390 e. The Morgan fingerprint density at radius 1 is 1.17 bits per heavy atom. The predicted octanol–water partition coefficient (Wildman–Crippen LogP) is 3.57. The second-order valence-corrected chi connectivity index (χ2v) is 10.7. The predicted molar refractivity (Wildman–Crippen MR) is 110 cm³/mol. The van der Waals surface area contributed by atoms with Crippen molar-refractivity contribution in [3.63, 3.8) is 0 Å². The lowest BCUT2D eigenvalue weighted by Gasteiger charge is -2.58. The Morgan fingerprint density at radius 2 is 1.93 bits per heavy atom. The third-order valence-electron chi connectivity index (χ3n) is 6.74. The number of amides is 1. The summed E-state index contributed by atoms with van der Waals surface area (Å²) < 4.78 is 12.8. The molecule has 4 saturated carbocycles. The number of aliphatic hydroxyl groups is 1. The Labute approximate surface area is 177 Å². The van der Waals surface area contributed by atoms with E-state index in [4.69, 9.17) is 11.6 Å². The largest absolute Gasteiger partial charge is 0.390 e. The summed E-state index contributed by atoms with van der Waals surface area (Å²) in [7, 11) is -1.48. The number of carbonyl (C=O) groups excluding carboxylic acids is 1. The van der Waals surface area contributed by atoms with E-state index in [0.29, 0.717) is 38.3 Å². The molecule has 3 unspecified atom stereocenters. The van der Waals surface area contributed by atoms with Crippen LogP contribution in [0, 0.1) is 17.8 Å². The van der Waals surface area contributed by atoms with Crippen LogP contribution in [0.5, 0.6) is 0 Å². The third kappa shape index (κ3) is 3.62. The molecule has 7 heteroatoms. The van der Waals surface area contributed by atoms with E-state index in [0.717, 1.165) is 32.1 Å². The fourth-order valence-electron chi connectivity index (χ4n) is 5.80. The standard InChI is InChI=1S/C22H23ClN2O3S/c23-17-4-5-19(24-12-17)29(28)18-3-1-2-14(8-18)21(26)25-20-15-6-13-7-16(20)11-22(27,9-13)10-15/h1-5,8,12-13,15-16,20,27H,6-7,9-11H2,(H,25,26). The van der Waals surface area contributed by atoms with Crippen LogP contribution in [0.25, 0.3) is 0 Å². The second-order valence-electron chi connectivity index (χ2n) is 8.80. The molecule has 1 heterocycles. The molecule has 4 aliphatic carbocycles. The van der Waals surface area contributed by atoms with Gasteiger partial charge in [0.2, 0.25) is 0 Å². The molecule has 4 aliphatic rings. The van der Waals surface area contributed by atoms with E-state index in [2.05, 4.69) is 10.3 Å². The van der Waals surface area contributed by atoms with Gasteiger partial charge in [0, 0.05) is 22.7 Å². The molecule has 29 heavy (non-hydrogen) atoms. The number of benzene rings is 1. The van der Waals surface area contributed by atoms with Crippen molar-refractivity contribution in [1.82, 2.24) is 10.3 Å². The molecule has 6 rings (SSSR count). The van der Waals surface area contributed by atoms with E-state index < -0.39 is 16.4 Å². The lowest BCUT2D eigenvalue weighted by atomic mass is 9.52. The second kappa shape index (κ2) is 7.18. The molecule has 0 spiro atoms. The number of nitrogens with one attached hydrogen (secondary N) is 1. The first kappa shape index (κ1) is 19.2. The topological polar surface area (TPSA) is 79.3 Å². The lowest BCUT2D eigenvalue weighted by molar-refractivity contribution is -0.136. The van der Waals surface area contributed by atoms with E-state index in [9.17, 15) is 14.1 Å². The molecule has 1 aromatic carbocycles. The Balaban J connectivity index is 1.33. The van der Waals surface area contributed by atoms with Gasteiger partial charge >= 0.3 is 0 Å². The van der Waals surface area contributed by atoms with Crippen molar-refractivity contribution in [2.24, 2.45) is 17.8 Å². The molecule has 1 aromatic heterocycles.